The van der Waals surface area contributed by atoms with E-state index < -0.39 is 53.6 Å². The van der Waals surface area contributed by atoms with E-state index >= 15 is 0 Å². The molecular formula is C35H38BrN3O8. The Morgan fingerprint density at radius 3 is 2.43 bits per heavy atom. The summed E-state index contributed by atoms with van der Waals surface area (Å²) >= 11 is 3.57. The van der Waals surface area contributed by atoms with Gasteiger partial charge in [-0.15, -0.1) is 0 Å². The summed E-state index contributed by atoms with van der Waals surface area (Å²) < 4.78 is 18.8. The molecule has 0 aliphatic carbocycles. The highest BCUT2D eigenvalue weighted by atomic mass is 79.9. The van der Waals surface area contributed by atoms with Crippen LogP contribution in [0.1, 0.15) is 30.1 Å². The highest BCUT2D eigenvalue weighted by Gasteiger charge is 2.75. The van der Waals surface area contributed by atoms with Crippen molar-refractivity contribution in [3.05, 3.63) is 94.5 Å². The molecule has 11 nitrogen and oxygen atoms in total. The van der Waals surface area contributed by atoms with Gasteiger partial charge in [-0.2, -0.15) is 0 Å². The second kappa shape index (κ2) is 14.1. The number of benzene rings is 2. The first-order valence-corrected chi connectivity index (χ1v) is 16.6. The molecule has 0 unspecified atom stereocenters. The minimum Gasteiger partial charge on any atom is -0.455 e. The lowest BCUT2D eigenvalue weighted by molar-refractivity contribution is -0.162. The third kappa shape index (κ3) is 6.27. The number of rotatable bonds is 7. The van der Waals surface area contributed by atoms with Crippen LogP contribution in [0.4, 0.5) is 0 Å². The van der Waals surface area contributed by atoms with Crippen LogP contribution in [0.3, 0.4) is 0 Å². The number of likely N-dealkylation sites (tertiary alicyclic amines) is 1. The molecule has 2 N–H and O–H groups in total. The molecule has 2 fully saturated rings. The fraction of sp³-hybridized carbons (Fsp3) is 0.429. The number of carbonyl (C=O) groups is 4. The van der Waals surface area contributed by atoms with Crippen molar-refractivity contribution in [3.63, 3.8) is 0 Å². The topological polar surface area (TPSA) is 135 Å². The maximum atomic E-state index is 14.6. The number of ether oxygens (including phenoxy) is 3. The lowest BCUT2D eigenvalue weighted by Gasteiger charge is -2.35. The molecule has 1 spiro atoms. The van der Waals surface area contributed by atoms with E-state index in [4.69, 9.17) is 14.2 Å². The van der Waals surface area contributed by atoms with E-state index in [9.17, 15) is 24.3 Å². The average molecular weight is 709 g/mol. The largest absolute Gasteiger partial charge is 0.455 e. The fourth-order valence-corrected chi connectivity index (χ4v) is 7.99. The summed E-state index contributed by atoms with van der Waals surface area (Å²) in [6.45, 7) is 0.0212. The van der Waals surface area contributed by atoms with Gasteiger partial charge in [0.15, 0.2) is 0 Å². The van der Waals surface area contributed by atoms with Crippen LogP contribution < -0.4 is 5.32 Å². The Bertz CT molecular complexity index is 1550. The second-order valence-electron chi connectivity index (χ2n) is 12.2. The molecule has 2 aromatic rings. The van der Waals surface area contributed by atoms with Crippen LogP contribution in [0.5, 0.6) is 0 Å². The van der Waals surface area contributed by atoms with Gasteiger partial charge in [0.2, 0.25) is 17.7 Å². The monoisotopic (exact) mass is 707 g/mol. The maximum absolute atomic E-state index is 14.6. The van der Waals surface area contributed by atoms with Crippen LogP contribution in [0.15, 0.2) is 83.4 Å². The third-order valence-electron chi connectivity index (χ3n) is 9.26. The standard InChI is InChI=1S/C35H38BrN3O8/c1-45-21-25-29(23-13-7-3-8-14-23)46-34(44)27-28-32(42)39(17-18-40)31(35(28)19-24(36)30(27)47-35)33(43)38(20-22-11-5-2-6-12-22)16-10-4-9-15-26(41)37-25/h2-8,10-14,19,25,27-31,40H,9,15-18,20-21H2,1H3,(H,37,41)/b10-4-/t25-,27+,28-,29-,30+,31+,35-/m0/s1. The number of carbonyl (C=O) groups excluding carboxylic acids is 4. The Kier molecular flexibility index (Phi) is 9.93. The molecular weight excluding hydrogens is 670 g/mol. The van der Waals surface area contributed by atoms with Crippen molar-refractivity contribution >= 4 is 39.6 Å². The predicted molar refractivity (Wildman–Crippen MR) is 173 cm³/mol. The molecule has 4 aliphatic rings. The zero-order valence-corrected chi connectivity index (χ0v) is 27.6. The molecule has 12 heteroatoms. The Morgan fingerprint density at radius 2 is 1.72 bits per heavy atom. The molecule has 47 heavy (non-hydrogen) atoms. The number of methoxy groups -OCH3 is 1. The van der Waals surface area contributed by atoms with E-state index in [2.05, 4.69) is 21.2 Å². The first kappa shape index (κ1) is 33.1. The number of nitrogens with one attached hydrogen (secondary N) is 1. The molecule has 2 aromatic carbocycles. The molecule has 2 saturated heterocycles. The Hall–Kier alpha value is -3.84. The number of hydrogen-bond donors (Lipinski definition) is 2. The number of cyclic esters (lactones) is 1. The molecule has 0 aromatic heterocycles. The van der Waals surface area contributed by atoms with Gasteiger partial charge in [-0.25, -0.2) is 0 Å². The van der Waals surface area contributed by atoms with Gasteiger partial charge < -0.3 is 34.4 Å². The highest BCUT2D eigenvalue weighted by Crippen LogP contribution is 2.59. The summed E-state index contributed by atoms with van der Waals surface area (Å²) in [7, 11) is 1.50. The average Bonchev–Trinajstić information content (AvgIpc) is 3.66. The van der Waals surface area contributed by atoms with E-state index in [1.165, 1.54) is 12.0 Å². The first-order chi connectivity index (χ1) is 22.8. The Morgan fingerprint density at radius 1 is 1.00 bits per heavy atom. The van der Waals surface area contributed by atoms with Crippen LogP contribution >= 0.6 is 15.9 Å². The Labute approximate surface area is 281 Å². The number of esters is 1. The summed E-state index contributed by atoms with van der Waals surface area (Å²) in [6, 6.07) is 16.7. The van der Waals surface area contributed by atoms with E-state index in [-0.39, 0.29) is 51.1 Å². The van der Waals surface area contributed by atoms with E-state index in [1.807, 2.05) is 60.7 Å². The lowest BCUT2D eigenvalue weighted by atomic mass is 9.74. The van der Waals surface area contributed by atoms with Crippen molar-refractivity contribution in [2.75, 3.05) is 33.4 Å². The minimum absolute atomic E-state index is 0.0597. The molecule has 5 bridgehead atoms. The number of fused-ring (bicyclic) bond motifs is 2. The van der Waals surface area contributed by atoms with Gasteiger partial charge in [0.25, 0.3) is 0 Å². The number of aliphatic hydroxyl groups excluding tert-OH is 1. The van der Waals surface area contributed by atoms with Crippen molar-refractivity contribution in [2.24, 2.45) is 11.8 Å². The van der Waals surface area contributed by atoms with Gasteiger partial charge in [-0.05, 0) is 23.6 Å². The Balaban J connectivity index is 1.44. The van der Waals surface area contributed by atoms with Gasteiger partial charge in [-0.3, -0.25) is 19.2 Å². The predicted octanol–water partition coefficient (Wildman–Crippen LogP) is 2.65. The summed E-state index contributed by atoms with van der Waals surface area (Å²) in [5.74, 6) is -3.96. The zero-order valence-electron chi connectivity index (χ0n) is 26.0. The zero-order chi connectivity index (χ0) is 33.1. The van der Waals surface area contributed by atoms with Crippen molar-refractivity contribution < 1.29 is 38.5 Å². The van der Waals surface area contributed by atoms with Gasteiger partial charge in [-0.1, -0.05) is 88.7 Å². The summed E-state index contributed by atoms with van der Waals surface area (Å²) in [5, 5.41) is 13.0. The van der Waals surface area contributed by atoms with Crippen LogP contribution in [-0.4, -0.2) is 95.8 Å². The van der Waals surface area contributed by atoms with Gasteiger partial charge in [0, 0.05) is 37.6 Å². The SMILES string of the molecule is COC[C@@H]1NC(=O)CC/C=C\CN(Cc2ccccc2)C(=O)[C@H]2N(CCO)C(=O)[C@@H]3[C@@H](C(=O)O[C@H]1c1ccccc1)[C@@H]1O[C@@]32C=C1Br. The van der Waals surface area contributed by atoms with Gasteiger partial charge in [0.1, 0.15) is 29.8 Å². The molecule has 3 amide bonds. The first-order valence-electron chi connectivity index (χ1n) is 15.8. The van der Waals surface area contributed by atoms with E-state index in [1.54, 1.807) is 23.1 Å². The quantitative estimate of drug-likeness (QED) is 0.332. The van der Waals surface area contributed by atoms with Crippen LogP contribution in [0.2, 0.25) is 0 Å². The van der Waals surface area contributed by atoms with Crippen molar-refractivity contribution in [1.29, 1.82) is 0 Å². The molecule has 4 heterocycles. The number of β-amino-alcohol motifs (C(OH)–C–C–N with tert-alkyl or cyclic N) is 1. The number of halogens is 1. The molecule has 248 valence electrons. The minimum atomic E-state index is -1.47. The van der Waals surface area contributed by atoms with E-state index in [0.29, 0.717) is 16.5 Å². The summed E-state index contributed by atoms with van der Waals surface area (Å²) in [4.78, 5) is 59.3. The number of aliphatic hydroxyl groups is 1. The number of amides is 3. The normalized spacial score (nSPS) is 31.8. The summed E-state index contributed by atoms with van der Waals surface area (Å²) in [6.07, 6.45) is 4.18. The third-order valence-corrected chi connectivity index (χ3v) is 9.94. The fourth-order valence-electron chi connectivity index (χ4n) is 7.25. The smallest absolute Gasteiger partial charge is 0.313 e. The molecule has 0 saturated carbocycles. The second-order valence-corrected chi connectivity index (χ2v) is 13.1. The van der Waals surface area contributed by atoms with Crippen molar-refractivity contribution in [1.82, 2.24) is 15.1 Å². The maximum Gasteiger partial charge on any atom is 0.313 e. The molecule has 0 radical (unpaired) electrons. The molecule has 4 aliphatic heterocycles. The number of hydrogen-bond acceptors (Lipinski definition) is 8. The molecule has 7 atom stereocenters. The number of allylic oxidation sites excluding steroid dienone is 1. The van der Waals surface area contributed by atoms with Crippen LogP contribution in [0, 0.1) is 11.8 Å². The highest BCUT2D eigenvalue weighted by molar-refractivity contribution is 9.11. The van der Waals surface area contributed by atoms with Gasteiger partial charge in [0.05, 0.1) is 25.2 Å². The van der Waals surface area contributed by atoms with E-state index in [0.717, 1.165) is 5.56 Å². The number of nitrogens with zero attached hydrogens (tertiary/aromatic N) is 2. The lowest BCUT2D eigenvalue weighted by Crippen LogP contribution is -2.56. The van der Waals surface area contributed by atoms with Crippen molar-refractivity contribution in [3.8, 4) is 0 Å². The van der Waals surface area contributed by atoms with Crippen LogP contribution in [-0.2, 0) is 39.9 Å². The van der Waals surface area contributed by atoms with Crippen LogP contribution in [0.25, 0.3) is 0 Å². The van der Waals surface area contributed by atoms with Crippen molar-refractivity contribution in [2.45, 2.75) is 49.3 Å². The van der Waals surface area contributed by atoms with Gasteiger partial charge >= 0.3 is 5.97 Å². The summed E-state index contributed by atoms with van der Waals surface area (Å²) in [5.41, 5.74) is 0.0575. The molecule has 6 rings (SSSR count).